The molecule has 0 atom stereocenters. The molecule has 0 radical (unpaired) electrons. The highest BCUT2D eigenvalue weighted by molar-refractivity contribution is 6.03. The van der Waals surface area contributed by atoms with Crippen LogP contribution in [0.15, 0.2) is 97.3 Å². The number of hydrogen-bond acceptors (Lipinski definition) is 7. The van der Waals surface area contributed by atoms with Gasteiger partial charge in [0.15, 0.2) is 5.82 Å². The maximum absolute atomic E-state index is 14.1. The first-order valence-electron chi connectivity index (χ1n) is 14.2. The van der Waals surface area contributed by atoms with E-state index >= 15 is 0 Å². The Morgan fingerprint density at radius 2 is 1.84 bits per heavy atom. The number of anilines is 5. The number of aromatic nitrogens is 4. The monoisotopic (exact) mass is 587 g/mol. The van der Waals surface area contributed by atoms with E-state index in [1.165, 1.54) is 6.08 Å². The zero-order valence-electron chi connectivity index (χ0n) is 24.8. The molecule has 0 saturated carbocycles. The van der Waals surface area contributed by atoms with Crippen LogP contribution in [0.4, 0.5) is 33.6 Å². The lowest BCUT2D eigenvalue weighted by Crippen LogP contribution is -2.45. The first-order valence-corrected chi connectivity index (χ1v) is 14.2. The van der Waals surface area contributed by atoms with Crippen molar-refractivity contribution in [2.24, 2.45) is 7.05 Å². The lowest BCUT2D eigenvalue weighted by atomic mass is 10.1. The van der Waals surface area contributed by atoms with Gasteiger partial charge in [-0.1, -0.05) is 42.5 Å². The van der Waals surface area contributed by atoms with Gasteiger partial charge >= 0.3 is 6.03 Å². The molecule has 6 rings (SSSR count). The Bertz CT molecular complexity index is 1850. The van der Waals surface area contributed by atoms with Crippen molar-refractivity contribution in [2.45, 2.75) is 13.1 Å². The second-order valence-electron chi connectivity index (χ2n) is 10.9. The van der Waals surface area contributed by atoms with Gasteiger partial charge in [-0.25, -0.2) is 14.7 Å². The highest BCUT2D eigenvalue weighted by Gasteiger charge is 2.33. The lowest BCUT2D eigenvalue weighted by Gasteiger charge is -2.36. The van der Waals surface area contributed by atoms with Crippen LogP contribution >= 0.6 is 0 Å². The molecule has 0 bridgehead atoms. The van der Waals surface area contributed by atoms with E-state index in [-0.39, 0.29) is 11.9 Å². The van der Waals surface area contributed by atoms with Crippen molar-refractivity contribution in [3.8, 4) is 0 Å². The molecule has 222 valence electrons. The topological polar surface area (TPSA) is 112 Å². The Morgan fingerprint density at radius 1 is 1.00 bits per heavy atom. The fraction of sp³-hybridized carbons (Fsp3) is 0.182. The van der Waals surface area contributed by atoms with E-state index < -0.39 is 0 Å². The van der Waals surface area contributed by atoms with Crippen LogP contribution in [-0.4, -0.2) is 62.1 Å². The maximum atomic E-state index is 14.1. The van der Waals surface area contributed by atoms with Gasteiger partial charge in [-0.2, -0.15) is 10.1 Å². The molecule has 5 aromatic rings. The van der Waals surface area contributed by atoms with Crippen LogP contribution in [-0.2, 0) is 24.9 Å². The number of aryl methyl sites for hydroxylation is 1. The van der Waals surface area contributed by atoms with E-state index in [0.717, 1.165) is 27.7 Å². The number of urea groups is 1. The van der Waals surface area contributed by atoms with E-state index in [1.54, 1.807) is 46.5 Å². The minimum Gasteiger partial charge on any atom is -0.324 e. The predicted octanol–water partition coefficient (Wildman–Crippen LogP) is 5.44. The van der Waals surface area contributed by atoms with Crippen molar-refractivity contribution < 1.29 is 9.59 Å². The summed E-state index contributed by atoms with van der Waals surface area (Å²) in [4.78, 5) is 41.4. The Kier molecular flexibility index (Phi) is 8.02. The molecule has 0 fully saturated rings. The van der Waals surface area contributed by atoms with Crippen molar-refractivity contribution in [3.05, 3.63) is 108 Å². The molecular formula is C33H33N9O2. The predicted molar refractivity (Wildman–Crippen MR) is 172 cm³/mol. The average Bonchev–Trinajstić information content (AvgIpc) is 3.38. The van der Waals surface area contributed by atoms with Crippen LogP contribution in [0.1, 0.15) is 11.1 Å². The van der Waals surface area contributed by atoms with Gasteiger partial charge in [0, 0.05) is 54.7 Å². The Labute approximate surface area is 255 Å². The van der Waals surface area contributed by atoms with Gasteiger partial charge in [-0.05, 0) is 56.1 Å². The van der Waals surface area contributed by atoms with Crippen molar-refractivity contribution >= 4 is 51.7 Å². The second-order valence-corrected chi connectivity index (χ2v) is 10.9. The summed E-state index contributed by atoms with van der Waals surface area (Å²) in [5, 5.41) is 11.5. The first-order chi connectivity index (χ1) is 21.3. The van der Waals surface area contributed by atoms with Crippen LogP contribution in [0.25, 0.3) is 10.9 Å². The van der Waals surface area contributed by atoms with Crippen LogP contribution in [0.2, 0.25) is 0 Å². The molecule has 2 N–H and O–H groups in total. The van der Waals surface area contributed by atoms with Crippen LogP contribution in [0.3, 0.4) is 0 Å². The Morgan fingerprint density at radius 3 is 2.66 bits per heavy atom. The van der Waals surface area contributed by atoms with Crippen LogP contribution in [0, 0.1) is 0 Å². The molecule has 1 aliphatic rings. The number of likely N-dealkylation sites (N-methyl/N-ethyl adjacent to an activating group) is 1. The average molecular weight is 588 g/mol. The molecule has 0 saturated heterocycles. The van der Waals surface area contributed by atoms with Crippen molar-refractivity contribution in [1.82, 2.24) is 29.5 Å². The van der Waals surface area contributed by atoms with Gasteiger partial charge in [0.25, 0.3) is 0 Å². The van der Waals surface area contributed by atoms with Gasteiger partial charge in [0.2, 0.25) is 11.9 Å². The van der Waals surface area contributed by atoms with Gasteiger partial charge in [-0.15, -0.1) is 0 Å². The zero-order chi connectivity index (χ0) is 30.6. The molecular weight excluding hydrogens is 554 g/mol. The quantitative estimate of drug-likeness (QED) is 0.221. The number of fused-ring (bicyclic) bond motifs is 2. The van der Waals surface area contributed by atoms with E-state index in [2.05, 4.69) is 20.7 Å². The summed E-state index contributed by atoms with van der Waals surface area (Å²) in [5.41, 5.74) is 4.77. The molecule has 11 nitrogen and oxygen atoms in total. The summed E-state index contributed by atoms with van der Waals surface area (Å²) < 4.78 is 1.82. The highest BCUT2D eigenvalue weighted by atomic mass is 16.2. The summed E-state index contributed by atoms with van der Waals surface area (Å²) in [7, 11) is 5.77. The fourth-order valence-electron chi connectivity index (χ4n) is 5.08. The number of hydrogen-bond donors (Lipinski definition) is 2. The molecule has 1 aliphatic heterocycles. The number of nitrogens with zero attached hydrogens (tertiary/aromatic N) is 7. The molecule has 0 spiro atoms. The van der Waals surface area contributed by atoms with Gasteiger partial charge in [0.05, 0.1) is 23.9 Å². The third-order valence-electron chi connectivity index (χ3n) is 7.21. The number of carbonyl (C=O) groups excluding carboxylic acids is 2. The molecule has 0 aliphatic carbocycles. The minimum atomic E-state index is -0.250. The summed E-state index contributed by atoms with van der Waals surface area (Å²) in [6.07, 6.45) is 6.86. The molecule has 44 heavy (non-hydrogen) atoms. The van der Waals surface area contributed by atoms with Gasteiger partial charge in [0.1, 0.15) is 0 Å². The van der Waals surface area contributed by atoms with Crippen molar-refractivity contribution in [2.75, 3.05) is 36.2 Å². The number of benzene rings is 3. The Hall–Kier alpha value is -5.55. The Balaban J connectivity index is 1.33. The molecule has 2 aromatic heterocycles. The number of rotatable bonds is 9. The number of amides is 3. The van der Waals surface area contributed by atoms with E-state index in [9.17, 15) is 9.59 Å². The molecule has 3 heterocycles. The third kappa shape index (κ3) is 6.27. The normalized spacial score (nSPS) is 13.1. The van der Waals surface area contributed by atoms with E-state index in [1.807, 2.05) is 85.3 Å². The lowest BCUT2D eigenvalue weighted by molar-refractivity contribution is -0.111. The third-order valence-corrected chi connectivity index (χ3v) is 7.21. The smallest absolute Gasteiger partial charge is 0.324 e. The summed E-state index contributed by atoms with van der Waals surface area (Å²) in [5.74, 6) is 0.588. The second kappa shape index (κ2) is 12.4. The molecule has 0 unspecified atom stereocenters. The largest absolute Gasteiger partial charge is 0.330 e. The zero-order valence-corrected chi connectivity index (χ0v) is 24.8. The fourth-order valence-corrected chi connectivity index (χ4v) is 5.08. The van der Waals surface area contributed by atoms with Crippen LogP contribution in [0.5, 0.6) is 0 Å². The summed E-state index contributed by atoms with van der Waals surface area (Å²) in [6.45, 7) is 1.43. The van der Waals surface area contributed by atoms with Crippen molar-refractivity contribution in [3.63, 3.8) is 0 Å². The van der Waals surface area contributed by atoms with Gasteiger partial charge in [-0.3, -0.25) is 9.48 Å². The standard InChI is InChI=1S/C33H33N9O2/c1-39(2)16-8-13-30(43)36-26-11-7-12-28(18-26)42-31-25(22-41(33(42)44)21-23-9-5-4-6-10-23)19-34-32(38-31)37-27-14-15-29-24(17-27)20-35-40(29)3/h4-15,17-20H,16,21-22H2,1-3H3,(H,36,43)(H,34,37,38)/b13-8+. The van der Waals surface area contributed by atoms with E-state index in [4.69, 9.17) is 4.98 Å². The highest BCUT2D eigenvalue weighted by Crippen LogP contribution is 2.36. The maximum Gasteiger partial charge on any atom is 0.330 e. The minimum absolute atomic E-state index is 0.225. The van der Waals surface area contributed by atoms with Gasteiger partial charge < -0.3 is 20.4 Å². The SMILES string of the molecule is CN(C)C/C=C/C(=O)Nc1cccc(N2C(=O)N(Cc3ccccc3)Cc3cnc(Nc4ccc5c(cnn5C)c4)nc32)c1. The van der Waals surface area contributed by atoms with Crippen molar-refractivity contribution in [1.29, 1.82) is 0 Å². The molecule has 11 heteroatoms. The van der Waals surface area contributed by atoms with E-state index in [0.29, 0.717) is 42.8 Å². The molecule has 3 aromatic carbocycles. The van der Waals surface area contributed by atoms with Crippen LogP contribution < -0.4 is 15.5 Å². The summed E-state index contributed by atoms with van der Waals surface area (Å²) in [6, 6.07) is 22.7. The summed E-state index contributed by atoms with van der Waals surface area (Å²) >= 11 is 0. The first kappa shape index (κ1) is 28.6. The molecule has 3 amide bonds. The number of nitrogens with one attached hydrogen (secondary N) is 2. The number of carbonyl (C=O) groups is 2.